The highest BCUT2D eigenvalue weighted by Gasteiger charge is 2.17. The van der Waals surface area contributed by atoms with Gasteiger partial charge in [-0.1, -0.05) is 28.1 Å². The molecule has 0 atom stereocenters. The Balaban J connectivity index is 1.81. The zero-order chi connectivity index (χ0) is 21.2. The van der Waals surface area contributed by atoms with Gasteiger partial charge in [0.15, 0.2) is 11.4 Å². The first-order chi connectivity index (χ1) is 13.6. The number of rotatable bonds is 5. The monoisotopic (exact) mass is 478 g/mol. The van der Waals surface area contributed by atoms with Crippen molar-refractivity contribution < 1.29 is 18.3 Å². The fraction of sp³-hybridized carbons (Fsp3) is 0.0556. The minimum Gasteiger partial charge on any atom is -0.505 e. The molecule has 11 heteroatoms. The standard InChI is InChI=1S/C18H15BrN4O5S/c19-12-3-5-13(6-4-12)23-16(25)9-15(24)17(22-23)18(26)21-10-11-1-7-14(8-2-11)29(20,27)28/h1-9,24H,10H2,(H,21,26)(H2,20,27,28). The molecule has 3 aromatic rings. The molecule has 0 aliphatic heterocycles. The third-order valence-electron chi connectivity index (χ3n) is 3.90. The second-order valence-corrected chi connectivity index (χ2v) is 8.45. The lowest BCUT2D eigenvalue weighted by atomic mass is 10.2. The fourth-order valence-corrected chi connectivity index (χ4v) is 3.22. The molecule has 0 saturated carbocycles. The van der Waals surface area contributed by atoms with Crippen LogP contribution in [0.25, 0.3) is 5.69 Å². The van der Waals surface area contributed by atoms with E-state index in [4.69, 9.17) is 5.14 Å². The Morgan fingerprint density at radius 3 is 2.34 bits per heavy atom. The molecule has 29 heavy (non-hydrogen) atoms. The van der Waals surface area contributed by atoms with Crippen LogP contribution in [-0.2, 0) is 16.6 Å². The molecule has 1 amide bonds. The maximum atomic E-state index is 12.4. The van der Waals surface area contributed by atoms with Crippen molar-refractivity contribution in [1.29, 1.82) is 0 Å². The van der Waals surface area contributed by atoms with Crippen LogP contribution in [0.5, 0.6) is 5.75 Å². The number of carbonyl (C=O) groups excluding carboxylic acids is 1. The van der Waals surface area contributed by atoms with Crippen LogP contribution in [0.15, 0.2) is 68.8 Å². The highest BCUT2D eigenvalue weighted by Crippen LogP contribution is 2.15. The zero-order valence-corrected chi connectivity index (χ0v) is 17.1. The number of hydrogen-bond donors (Lipinski definition) is 3. The fourth-order valence-electron chi connectivity index (χ4n) is 2.44. The molecular formula is C18H15BrN4O5S. The Bertz CT molecular complexity index is 1220. The number of aromatic nitrogens is 2. The number of carbonyl (C=O) groups is 1. The van der Waals surface area contributed by atoms with E-state index in [1.54, 1.807) is 24.3 Å². The maximum absolute atomic E-state index is 12.4. The van der Waals surface area contributed by atoms with Gasteiger partial charge in [0.05, 0.1) is 10.6 Å². The van der Waals surface area contributed by atoms with E-state index < -0.39 is 27.2 Å². The first kappa shape index (κ1) is 20.7. The van der Waals surface area contributed by atoms with Crippen LogP contribution in [0.2, 0.25) is 0 Å². The number of nitrogens with two attached hydrogens (primary N) is 1. The Labute approximate surface area is 174 Å². The van der Waals surface area contributed by atoms with Crippen LogP contribution in [-0.4, -0.2) is 29.2 Å². The molecule has 1 aromatic heterocycles. The quantitative estimate of drug-likeness (QED) is 0.503. The summed E-state index contributed by atoms with van der Waals surface area (Å²) < 4.78 is 24.3. The molecule has 0 radical (unpaired) electrons. The number of primary sulfonamides is 1. The van der Waals surface area contributed by atoms with E-state index in [0.717, 1.165) is 15.2 Å². The normalized spacial score (nSPS) is 11.2. The zero-order valence-electron chi connectivity index (χ0n) is 14.7. The minimum atomic E-state index is -3.80. The van der Waals surface area contributed by atoms with Crippen LogP contribution >= 0.6 is 15.9 Å². The van der Waals surface area contributed by atoms with Gasteiger partial charge in [0.2, 0.25) is 10.0 Å². The number of nitrogens with one attached hydrogen (secondary N) is 1. The molecule has 0 fully saturated rings. The Morgan fingerprint density at radius 2 is 1.76 bits per heavy atom. The van der Waals surface area contributed by atoms with Gasteiger partial charge in [-0.3, -0.25) is 9.59 Å². The number of aromatic hydroxyl groups is 1. The summed E-state index contributed by atoms with van der Waals surface area (Å²) in [6.45, 7) is 0.0439. The predicted molar refractivity (Wildman–Crippen MR) is 108 cm³/mol. The van der Waals surface area contributed by atoms with E-state index in [2.05, 4.69) is 26.3 Å². The summed E-state index contributed by atoms with van der Waals surface area (Å²) in [6.07, 6.45) is 0. The van der Waals surface area contributed by atoms with Crippen molar-refractivity contribution in [2.75, 3.05) is 0 Å². The van der Waals surface area contributed by atoms with E-state index >= 15 is 0 Å². The molecule has 9 nitrogen and oxygen atoms in total. The number of nitrogens with zero attached hydrogens (tertiary/aromatic N) is 2. The SMILES string of the molecule is NS(=O)(=O)c1ccc(CNC(=O)c2nn(-c3ccc(Br)cc3)c(=O)cc2O)cc1. The molecular weight excluding hydrogens is 464 g/mol. The number of amides is 1. The van der Waals surface area contributed by atoms with Crippen molar-refractivity contribution in [1.82, 2.24) is 15.1 Å². The lowest BCUT2D eigenvalue weighted by Gasteiger charge is -2.10. The lowest BCUT2D eigenvalue weighted by molar-refractivity contribution is 0.0941. The Morgan fingerprint density at radius 1 is 1.14 bits per heavy atom. The van der Waals surface area contributed by atoms with Gasteiger partial charge in [-0.15, -0.1) is 0 Å². The molecule has 0 spiro atoms. The number of sulfonamides is 1. The summed E-state index contributed by atoms with van der Waals surface area (Å²) in [6, 6.07) is 13.2. The molecule has 0 aliphatic rings. The van der Waals surface area contributed by atoms with Gasteiger partial charge < -0.3 is 10.4 Å². The molecule has 150 valence electrons. The van der Waals surface area contributed by atoms with Gasteiger partial charge in [0.25, 0.3) is 11.5 Å². The molecule has 0 unspecified atom stereocenters. The van der Waals surface area contributed by atoms with Gasteiger partial charge in [-0.05, 0) is 42.0 Å². The number of hydrogen-bond acceptors (Lipinski definition) is 6. The molecule has 0 aliphatic carbocycles. The molecule has 1 heterocycles. The van der Waals surface area contributed by atoms with Crippen molar-refractivity contribution in [2.24, 2.45) is 5.14 Å². The summed E-state index contributed by atoms with van der Waals surface area (Å²) >= 11 is 3.29. The first-order valence-electron chi connectivity index (χ1n) is 8.14. The average Bonchev–Trinajstić information content (AvgIpc) is 2.67. The molecule has 2 aromatic carbocycles. The molecule has 4 N–H and O–H groups in total. The van der Waals surface area contributed by atoms with Crippen molar-refractivity contribution >= 4 is 31.9 Å². The van der Waals surface area contributed by atoms with Crippen LogP contribution in [0.3, 0.4) is 0 Å². The van der Waals surface area contributed by atoms with Crippen molar-refractivity contribution in [2.45, 2.75) is 11.4 Å². The summed E-state index contributed by atoms with van der Waals surface area (Å²) in [4.78, 5) is 24.5. The highest BCUT2D eigenvalue weighted by molar-refractivity contribution is 9.10. The van der Waals surface area contributed by atoms with E-state index in [-0.39, 0.29) is 17.1 Å². The van der Waals surface area contributed by atoms with Crippen LogP contribution in [0.1, 0.15) is 16.1 Å². The van der Waals surface area contributed by atoms with Gasteiger partial charge in [0.1, 0.15) is 0 Å². The summed E-state index contributed by atoms with van der Waals surface area (Å²) in [5, 5.41) is 21.5. The summed E-state index contributed by atoms with van der Waals surface area (Å²) in [5.74, 6) is -1.26. The second-order valence-electron chi connectivity index (χ2n) is 5.98. The van der Waals surface area contributed by atoms with Crippen LogP contribution in [0, 0.1) is 0 Å². The third kappa shape index (κ3) is 4.88. The van der Waals surface area contributed by atoms with Gasteiger partial charge in [-0.2, -0.15) is 9.78 Å². The largest absolute Gasteiger partial charge is 0.505 e. The lowest BCUT2D eigenvalue weighted by Crippen LogP contribution is -2.29. The smallest absolute Gasteiger partial charge is 0.275 e. The first-order valence-corrected chi connectivity index (χ1v) is 10.5. The predicted octanol–water partition coefficient (Wildman–Crippen LogP) is 1.28. The van der Waals surface area contributed by atoms with Crippen molar-refractivity contribution in [3.8, 4) is 11.4 Å². The van der Waals surface area contributed by atoms with Gasteiger partial charge in [-0.25, -0.2) is 13.6 Å². The van der Waals surface area contributed by atoms with E-state index in [1.165, 1.54) is 24.3 Å². The van der Waals surface area contributed by atoms with Crippen LogP contribution < -0.4 is 16.0 Å². The Hall–Kier alpha value is -3.02. The number of benzene rings is 2. The topological polar surface area (TPSA) is 144 Å². The third-order valence-corrected chi connectivity index (χ3v) is 5.36. The summed E-state index contributed by atoms with van der Waals surface area (Å²) in [7, 11) is -3.80. The Kier molecular flexibility index (Phi) is 5.82. The second kappa shape index (κ2) is 8.15. The molecule has 3 rings (SSSR count). The van der Waals surface area contributed by atoms with Gasteiger partial charge in [0, 0.05) is 17.1 Å². The highest BCUT2D eigenvalue weighted by atomic mass is 79.9. The van der Waals surface area contributed by atoms with Crippen molar-refractivity contribution in [3.05, 3.63) is 80.7 Å². The molecule has 0 saturated heterocycles. The van der Waals surface area contributed by atoms with E-state index in [9.17, 15) is 23.1 Å². The van der Waals surface area contributed by atoms with Gasteiger partial charge >= 0.3 is 0 Å². The minimum absolute atomic E-state index is 0.0439. The van der Waals surface area contributed by atoms with E-state index in [0.29, 0.717) is 11.3 Å². The van der Waals surface area contributed by atoms with Crippen molar-refractivity contribution in [3.63, 3.8) is 0 Å². The van der Waals surface area contributed by atoms with Crippen LogP contribution in [0.4, 0.5) is 0 Å². The maximum Gasteiger partial charge on any atom is 0.275 e. The summed E-state index contributed by atoms with van der Waals surface area (Å²) in [5.41, 5.74) is 0.103. The average molecular weight is 479 g/mol. The molecule has 0 bridgehead atoms. The number of halogens is 1. The van der Waals surface area contributed by atoms with E-state index in [1.807, 2.05) is 0 Å².